The number of halogens is 1. The third kappa shape index (κ3) is 5.00. The minimum atomic E-state index is 0.393. The van der Waals surface area contributed by atoms with Gasteiger partial charge in [0.15, 0.2) is 0 Å². The zero-order valence-electron chi connectivity index (χ0n) is 12.6. The van der Waals surface area contributed by atoms with Gasteiger partial charge in [-0.3, -0.25) is 0 Å². The maximum atomic E-state index is 5.97. The number of hydrogen-bond acceptors (Lipinski definition) is 2. The summed E-state index contributed by atoms with van der Waals surface area (Å²) in [5, 5.41) is 3.58. The predicted molar refractivity (Wildman–Crippen MR) is 97.0 cm³/mol. The number of nitrogens with one attached hydrogen (secondary N) is 1. The average Bonchev–Trinajstić information content (AvgIpc) is 2.48. The third-order valence-corrected chi connectivity index (χ3v) is 4.01. The van der Waals surface area contributed by atoms with Gasteiger partial charge in [-0.05, 0) is 77.9 Å². The molecule has 2 aromatic carbocycles. The van der Waals surface area contributed by atoms with Gasteiger partial charge in [-0.15, -0.1) is 0 Å². The Bertz CT molecular complexity index is 571. The van der Waals surface area contributed by atoms with Crippen LogP contribution in [0.1, 0.15) is 38.3 Å². The van der Waals surface area contributed by atoms with Gasteiger partial charge in [0.1, 0.15) is 11.5 Å². The molecular weight excluding hydrogens is 373 g/mol. The molecule has 1 unspecified atom stereocenters. The van der Waals surface area contributed by atoms with Crippen LogP contribution in [0.25, 0.3) is 0 Å². The molecule has 1 N–H and O–H groups in total. The Balaban J connectivity index is 2.13. The van der Waals surface area contributed by atoms with Crippen molar-refractivity contribution in [3.8, 4) is 11.5 Å². The summed E-state index contributed by atoms with van der Waals surface area (Å²) in [4.78, 5) is 0. The largest absolute Gasteiger partial charge is 0.457 e. The first-order valence-electron chi connectivity index (χ1n) is 7.49. The van der Waals surface area contributed by atoms with Crippen molar-refractivity contribution >= 4 is 22.6 Å². The summed E-state index contributed by atoms with van der Waals surface area (Å²) < 4.78 is 7.14. The average molecular weight is 395 g/mol. The highest BCUT2D eigenvalue weighted by molar-refractivity contribution is 14.1. The molecule has 1 atom stereocenters. The molecule has 0 aliphatic heterocycles. The summed E-state index contributed by atoms with van der Waals surface area (Å²) in [6, 6.07) is 16.9. The topological polar surface area (TPSA) is 21.3 Å². The van der Waals surface area contributed by atoms with E-state index >= 15 is 0 Å². The van der Waals surface area contributed by atoms with Crippen molar-refractivity contribution in [2.75, 3.05) is 6.54 Å². The lowest BCUT2D eigenvalue weighted by molar-refractivity contribution is 0.476. The molecule has 0 saturated carbocycles. The van der Waals surface area contributed by atoms with Gasteiger partial charge < -0.3 is 10.1 Å². The second-order valence-electron chi connectivity index (χ2n) is 5.05. The normalized spacial score (nSPS) is 12.1. The van der Waals surface area contributed by atoms with Gasteiger partial charge in [0.25, 0.3) is 0 Å². The molecule has 0 saturated heterocycles. The first kappa shape index (κ1) is 16.3. The van der Waals surface area contributed by atoms with E-state index in [9.17, 15) is 0 Å². The Labute approximate surface area is 141 Å². The molecule has 0 spiro atoms. The van der Waals surface area contributed by atoms with E-state index in [4.69, 9.17) is 4.74 Å². The summed E-state index contributed by atoms with van der Waals surface area (Å²) in [6.07, 6.45) is 2.22. The van der Waals surface area contributed by atoms with E-state index in [-0.39, 0.29) is 0 Å². The second kappa shape index (κ2) is 8.39. The van der Waals surface area contributed by atoms with Crippen LogP contribution in [0, 0.1) is 3.57 Å². The van der Waals surface area contributed by atoms with E-state index in [0.717, 1.165) is 30.9 Å². The number of benzene rings is 2. The van der Waals surface area contributed by atoms with Crippen LogP contribution in [0.5, 0.6) is 11.5 Å². The van der Waals surface area contributed by atoms with Crippen molar-refractivity contribution in [3.63, 3.8) is 0 Å². The van der Waals surface area contributed by atoms with Crippen LogP contribution < -0.4 is 10.1 Å². The smallest absolute Gasteiger partial charge is 0.128 e. The fraction of sp³-hybridized carbons (Fsp3) is 0.333. The van der Waals surface area contributed by atoms with Crippen LogP contribution in [0.15, 0.2) is 48.5 Å². The van der Waals surface area contributed by atoms with Crippen molar-refractivity contribution < 1.29 is 4.74 Å². The lowest BCUT2D eigenvalue weighted by Gasteiger charge is -2.18. The van der Waals surface area contributed by atoms with E-state index in [1.165, 1.54) is 9.13 Å². The van der Waals surface area contributed by atoms with Gasteiger partial charge >= 0.3 is 0 Å². The highest BCUT2D eigenvalue weighted by Crippen LogP contribution is 2.26. The second-order valence-corrected chi connectivity index (χ2v) is 6.29. The van der Waals surface area contributed by atoms with Crippen LogP contribution in [0.4, 0.5) is 0 Å². The standard InChI is InChI=1S/C18H22INO/c1-3-11-20-18(4-2)14-7-5-9-16(12-14)21-17-10-6-8-15(19)13-17/h5-10,12-13,18,20H,3-4,11H2,1-2H3. The summed E-state index contributed by atoms with van der Waals surface area (Å²) >= 11 is 2.30. The molecule has 0 amide bonds. The predicted octanol–water partition coefficient (Wildman–Crippen LogP) is 5.53. The minimum Gasteiger partial charge on any atom is -0.457 e. The number of rotatable bonds is 7. The van der Waals surface area contributed by atoms with Gasteiger partial charge in [0.05, 0.1) is 0 Å². The Morgan fingerprint density at radius 1 is 1.05 bits per heavy atom. The molecule has 2 aromatic rings. The molecular formula is C18H22INO. The summed E-state index contributed by atoms with van der Waals surface area (Å²) in [6.45, 7) is 5.44. The van der Waals surface area contributed by atoms with E-state index in [2.05, 4.69) is 66.0 Å². The Morgan fingerprint density at radius 2 is 1.76 bits per heavy atom. The van der Waals surface area contributed by atoms with Gasteiger partial charge in [0, 0.05) is 9.61 Å². The van der Waals surface area contributed by atoms with Gasteiger partial charge in [0.2, 0.25) is 0 Å². The van der Waals surface area contributed by atoms with Crippen molar-refractivity contribution in [1.82, 2.24) is 5.32 Å². The molecule has 0 aromatic heterocycles. The van der Waals surface area contributed by atoms with Gasteiger partial charge in [-0.2, -0.15) is 0 Å². The maximum absolute atomic E-state index is 5.97. The molecule has 0 fully saturated rings. The molecule has 0 radical (unpaired) electrons. The maximum Gasteiger partial charge on any atom is 0.128 e. The van der Waals surface area contributed by atoms with E-state index in [1.54, 1.807) is 0 Å². The molecule has 2 rings (SSSR count). The summed E-state index contributed by atoms with van der Waals surface area (Å²) in [7, 11) is 0. The van der Waals surface area contributed by atoms with Crippen molar-refractivity contribution in [3.05, 3.63) is 57.7 Å². The van der Waals surface area contributed by atoms with Crippen molar-refractivity contribution in [2.24, 2.45) is 0 Å². The van der Waals surface area contributed by atoms with E-state index in [0.29, 0.717) is 6.04 Å². The van der Waals surface area contributed by atoms with E-state index < -0.39 is 0 Å². The SMILES string of the molecule is CCCNC(CC)c1cccc(Oc2cccc(I)c2)c1. The third-order valence-electron chi connectivity index (χ3n) is 3.34. The van der Waals surface area contributed by atoms with E-state index in [1.807, 2.05) is 24.3 Å². The monoisotopic (exact) mass is 395 g/mol. The van der Waals surface area contributed by atoms with Crippen LogP contribution in [0.3, 0.4) is 0 Å². The van der Waals surface area contributed by atoms with Crippen LogP contribution in [0.2, 0.25) is 0 Å². The summed E-state index contributed by atoms with van der Waals surface area (Å²) in [5.41, 5.74) is 1.29. The lowest BCUT2D eigenvalue weighted by Crippen LogP contribution is -2.21. The van der Waals surface area contributed by atoms with Crippen molar-refractivity contribution in [2.45, 2.75) is 32.7 Å². The molecule has 21 heavy (non-hydrogen) atoms. The molecule has 3 heteroatoms. The molecule has 112 valence electrons. The lowest BCUT2D eigenvalue weighted by atomic mass is 10.0. The minimum absolute atomic E-state index is 0.393. The Hall–Kier alpha value is -1.07. The fourth-order valence-corrected chi connectivity index (χ4v) is 2.79. The molecule has 0 aliphatic rings. The highest BCUT2D eigenvalue weighted by Gasteiger charge is 2.09. The van der Waals surface area contributed by atoms with Crippen LogP contribution >= 0.6 is 22.6 Å². The molecule has 2 nitrogen and oxygen atoms in total. The number of ether oxygens (including phenoxy) is 1. The van der Waals surface area contributed by atoms with Gasteiger partial charge in [-0.25, -0.2) is 0 Å². The van der Waals surface area contributed by atoms with Crippen LogP contribution in [-0.4, -0.2) is 6.54 Å². The van der Waals surface area contributed by atoms with Crippen LogP contribution in [-0.2, 0) is 0 Å². The van der Waals surface area contributed by atoms with Gasteiger partial charge in [-0.1, -0.05) is 32.0 Å². The quantitative estimate of drug-likeness (QED) is 0.622. The Kier molecular flexibility index (Phi) is 6.51. The number of hydrogen-bond donors (Lipinski definition) is 1. The first-order chi connectivity index (χ1) is 10.2. The Morgan fingerprint density at radius 3 is 2.43 bits per heavy atom. The first-order valence-corrected chi connectivity index (χ1v) is 8.57. The zero-order chi connectivity index (χ0) is 15.1. The zero-order valence-corrected chi connectivity index (χ0v) is 14.8. The summed E-state index contributed by atoms with van der Waals surface area (Å²) in [5.74, 6) is 1.78. The fourth-order valence-electron chi connectivity index (χ4n) is 2.28. The molecule has 0 bridgehead atoms. The highest BCUT2D eigenvalue weighted by atomic mass is 127. The molecule has 0 aliphatic carbocycles. The van der Waals surface area contributed by atoms with Crippen molar-refractivity contribution in [1.29, 1.82) is 0 Å². The molecule has 0 heterocycles.